The molecule has 0 bridgehead atoms. The highest BCUT2D eigenvalue weighted by Gasteiger charge is 2.23. The molecule has 1 aliphatic heterocycles. The Bertz CT molecular complexity index is 416. The van der Waals surface area contributed by atoms with Crippen LogP contribution in [0.25, 0.3) is 0 Å². The molecule has 0 saturated carbocycles. The predicted octanol–water partition coefficient (Wildman–Crippen LogP) is 4.38. The zero-order valence-corrected chi connectivity index (χ0v) is 14.2. The Morgan fingerprint density at radius 2 is 1.90 bits per heavy atom. The van der Waals surface area contributed by atoms with Gasteiger partial charge in [-0.25, -0.2) is 0 Å². The van der Waals surface area contributed by atoms with Gasteiger partial charge >= 0.3 is 0 Å². The summed E-state index contributed by atoms with van der Waals surface area (Å²) in [5.74, 6) is 0. The second-order valence-electron chi connectivity index (χ2n) is 6.72. The van der Waals surface area contributed by atoms with Gasteiger partial charge < -0.3 is 10.0 Å². The lowest BCUT2D eigenvalue weighted by molar-refractivity contribution is 0.142. The third-order valence-electron chi connectivity index (χ3n) is 4.41. The highest BCUT2D eigenvalue weighted by Crippen LogP contribution is 2.30. The van der Waals surface area contributed by atoms with Gasteiger partial charge in [0.2, 0.25) is 0 Å². The third kappa shape index (κ3) is 4.87. The summed E-state index contributed by atoms with van der Waals surface area (Å²) in [6.45, 7) is 8.07. The Morgan fingerprint density at radius 3 is 2.60 bits per heavy atom. The van der Waals surface area contributed by atoms with Gasteiger partial charge in [-0.2, -0.15) is 0 Å². The SMILES string of the molecule is CC1(C)CCCN(CCC(O)c2ccc(Br)cc2)CC1. The standard InChI is InChI=1S/C17H26BrNO/c1-17(2)9-3-11-19(13-10-17)12-8-16(20)14-4-6-15(18)7-5-14/h4-7,16,20H,3,8-13H2,1-2H3. The number of aliphatic hydroxyl groups is 1. The first-order valence-corrected chi connectivity index (χ1v) is 8.41. The van der Waals surface area contributed by atoms with Crippen molar-refractivity contribution in [3.63, 3.8) is 0 Å². The van der Waals surface area contributed by atoms with Crippen molar-refractivity contribution in [1.29, 1.82) is 0 Å². The maximum atomic E-state index is 10.3. The van der Waals surface area contributed by atoms with Crippen molar-refractivity contribution in [2.24, 2.45) is 5.41 Å². The average Bonchev–Trinajstić information content (AvgIpc) is 2.58. The molecule has 2 nitrogen and oxygen atoms in total. The van der Waals surface area contributed by atoms with Crippen LogP contribution in [0.15, 0.2) is 28.7 Å². The van der Waals surface area contributed by atoms with E-state index in [0.29, 0.717) is 5.41 Å². The lowest BCUT2D eigenvalue weighted by Crippen LogP contribution is -2.27. The molecule has 1 aromatic rings. The molecule has 0 aliphatic carbocycles. The van der Waals surface area contributed by atoms with Crippen molar-refractivity contribution in [3.05, 3.63) is 34.3 Å². The Kier molecular flexibility index (Phi) is 5.65. The van der Waals surface area contributed by atoms with Gasteiger partial charge in [0.05, 0.1) is 6.10 Å². The van der Waals surface area contributed by atoms with Gasteiger partial charge in [-0.15, -0.1) is 0 Å². The van der Waals surface area contributed by atoms with Crippen LogP contribution in [0, 0.1) is 5.41 Å². The molecule has 1 aliphatic rings. The van der Waals surface area contributed by atoms with Crippen LogP contribution in [0.5, 0.6) is 0 Å². The molecule has 1 unspecified atom stereocenters. The first kappa shape index (κ1) is 16.0. The monoisotopic (exact) mass is 339 g/mol. The van der Waals surface area contributed by atoms with Crippen LogP contribution in [0.3, 0.4) is 0 Å². The Balaban J connectivity index is 1.81. The molecular weight excluding hydrogens is 314 g/mol. The van der Waals surface area contributed by atoms with Gasteiger partial charge in [0.25, 0.3) is 0 Å². The summed E-state index contributed by atoms with van der Waals surface area (Å²) in [7, 11) is 0. The van der Waals surface area contributed by atoms with Crippen molar-refractivity contribution in [2.75, 3.05) is 19.6 Å². The third-order valence-corrected chi connectivity index (χ3v) is 4.93. The molecule has 1 saturated heterocycles. The largest absolute Gasteiger partial charge is 0.388 e. The summed E-state index contributed by atoms with van der Waals surface area (Å²) in [6, 6.07) is 7.99. The van der Waals surface area contributed by atoms with E-state index in [1.54, 1.807) is 0 Å². The summed E-state index contributed by atoms with van der Waals surface area (Å²) < 4.78 is 1.06. The van der Waals surface area contributed by atoms with Gasteiger partial charge in [-0.3, -0.25) is 0 Å². The van der Waals surface area contributed by atoms with Gasteiger partial charge in [-0.05, 0) is 61.9 Å². The topological polar surface area (TPSA) is 23.5 Å². The minimum Gasteiger partial charge on any atom is -0.388 e. The van der Waals surface area contributed by atoms with E-state index in [9.17, 15) is 5.11 Å². The lowest BCUT2D eigenvalue weighted by Gasteiger charge is -2.24. The first-order valence-electron chi connectivity index (χ1n) is 7.62. The number of halogens is 1. The zero-order chi connectivity index (χ0) is 14.6. The van der Waals surface area contributed by atoms with Crippen molar-refractivity contribution in [2.45, 2.75) is 45.6 Å². The Morgan fingerprint density at radius 1 is 1.20 bits per heavy atom. The molecule has 3 heteroatoms. The number of hydrogen-bond acceptors (Lipinski definition) is 2. The smallest absolute Gasteiger partial charge is 0.0802 e. The number of rotatable bonds is 4. The number of likely N-dealkylation sites (tertiary alicyclic amines) is 1. The molecule has 1 N–H and O–H groups in total. The molecule has 112 valence electrons. The summed E-state index contributed by atoms with van der Waals surface area (Å²) in [5, 5.41) is 10.3. The normalized spacial score (nSPS) is 21.4. The second kappa shape index (κ2) is 7.06. The molecule has 0 amide bonds. The van der Waals surface area contributed by atoms with Crippen LogP contribution in [-0.4, -0.2) is 29.6 Å². The van der Waals surface area contributed by atoms with E-state index in [-0.39, 0.29) is 6.10 Å². The number of nitrogens with zero attached hydrogens (tertiary/aromatic N) is 1. The van der Waals surface area contributed by atoms with Crippen LogP contribution in [0.1, 0.15) is 51.2 Å². The average molecular weight is 340 g/mol. The highest BCUT2D eigenvalue weighted by molar-refractivity contribution is 9.10. The van der Waals surface area contributed by atoms with Crippen molar-refractivity contribution in [1.82, 2.24) is 4.90 Å². The van der Waals surface area contributed by atoms with Gasteiger partial charge in [-0.1, -0.05) is 41.9 Å². The quantitative estimate of drug-likeness (QED) is 0.879. The molecule has 2 rings (SSSR count). The Labute approximate surface area is 131 Å². The van der Waals surface area contributed by atoms with Gasteiger partial charge in [0, 0.05) is 11.0 Å². The molecule has 0 spiro atoms. The van der Waals surface area contributed by atoms with Crippen LogP contribution in [0.2, 0.25) is 0 Å². The summed E-state index contributed by atoms with van der Waals surface area (Å²) in [6.07, 6.45) is 4.34. The lowest BCUT2D eigenvalue weighted by atomic mass is 9.85. The first-order chi connectivity index (χ1) is 9.46. The zero-order valence-electron chi connectivity index (χ0n) is 12.6. The maximum absolute atomic E-state index is 10.3. The van der Waals surface area contributed by atoms with E-state index in [0.717, 1.165) is 23.0 Å². The molecule has 1 aromatic carbocycles. The predicted molar refractivity (Wildman–Crippen MR) is 87.8 cm³/mol. The summed E-state index contributed by atoms with van der Waals surface area (Å²) in [4.78, 5) is 2.51. The van der Waals surface area contributed by atoms with E-state index in [1.165, 1.54) is 32.4 Å². The van der Waals surface area contributed by atoms with Crippen LogP contribution in [0.4, 0.5) is 0 Å². The molecule has 20 heavy (non-hydrogen) atoms. The van der Waals surface area contributed by atoms with E-state index >= 15 is 0 Å². The van der Waals surface area contributed by atoms with Crippen molar-refractivity contribution >= 4 is 15.9 Å². The summed E-state index contributed by atoms with van der Waals surface area (Å²) >= 11 is 3.43. The van der Waals surface area contributed by atoms with Crippen LogP contribution >= 0.6 is 15.9 Å². The van der Waals surface area contributed by atoms with Gasteiger partial charge in [0.15, 0.2) is 0 Å². The fourth-order valence-corrected chi connectivity index (χ4v) is 3.12. The number of hydrogen-bond donors (Lipinski definition) is 1. The minimum atomic E-state index is -0.348. The molecule has 1 atom stereocenters. The highest BCUT2D eigenvalue weighted by atomic mass is 79.9. The molecule has 1 fully saturated rings. The number of aliphatic hydroxyl groups excluding tert-OH is 1. The number of benzene rings is 1. The van der Waals surface area contributed by atoms with Crippen LogP contribution < -0.4 is 0 Å². The Hall–Kier alpha value is -0.380. The second-order valence-corrected chi connectivity index (χ2v) is 7.63. The summed E-state index contributed by atoms with van der Waals surface area (Å²) in [5.41, 5.74) is 1.50. The van der Waals surface area contributed by atoms with Gasteiger partial charge in [0.1, 0.15) is 0 Å². The van der Waals surface area contributed by atoms with Crippen LogP contribution in [-0.2, 0) is 0 Å². The fourth-order valence-electron chi connectivity index (χ4n) is 2.86. The van der Waals surface area contributed by atoms with E-state index < -0.39 is 0 Å². The maximum Gasteiger partial charge on any atom is 0.0802 e. The minimum absolute atomic E-state index is 0.348. The van der Waals surface area contributed by atoms with E-state index in [4.69, 9.17) is 0 Å². The molecule has 0 radical (unpaired) electrons. The molecule has 0 aromatic heterocycles. The molecule has 1 heterocycles. The fraction of sp³-hybridized carbons (Fsp3) is 0.647. The van der Waals surface area contributed by atoms with Crippen molar-refractivity contribution < 1.29 is 5.11 Å². The molecular formula is C17H26BrNO. The van der Waals surface area contributed by atoms with E-state index in [2.05, 4.69) is 34.7 Å². The van der Waals surface area contributed by atoms with Crippen molar-refractivity contribution in [3.8, 4) is 0 Å². The van der Waals surface area contributed by atoms with E-state index in [1.807, 2.05) is 24.3 Å².